The molecule has 2 aromatic heterocycles. The fourth-order valence-corrected chi connectivity index (χ4v) is 2.11. The van der Waals surface area contributed by atoms with Crippen LogP contribution in [0.25, 0.3) is 0 Å². The molecule has 2 heterocycles. The van der Waals surface area contributed by atoms with E-state index in [9.17, 15) is 0 Å². The second-order valence-corrected chi connectivity index (χ2v) is 4.59. The molecule has 2 aromatic rings. The first kappa shape index (κ1) is 12.3. The standard InChI is InChI=1S/C13H15BrN2O/c1-2-16-11(12-3-4-13(14)17-12)9-10-5-7-15-8-6-10/h3-8,11,16H,2,9H2,1H3. The van der Waals surface area contributed by atoms with E-state index in [0.717, 1.165) is 23.4 Å². The second kappa shape index (κ2) is 5.98. The van der Waals surface area contributed by atoms with Crippen LogP contribution in [0.15, 0.2) is 45.7 Å². The van der Waals surface area contributed by atoms with Gasteiger partial charge in [0.1, 0.15) is 5.76 Å². The van der Waals surface area contributed by atoms with Crippen LogP contribution in [0, 0.1) is 0 Å². The van der Waals surface area contributed by atoms with Gasteiger partial charge in [0.05, 0.1) is 6.04 Å². The zero-order valence-corrected chi connectivity index (χ0v) is 11.3. The highest BCUT2D eigenvalue weighted by atomic mass is 79.9. The molecule has 0 aromatic carbocycles. The molecular weight excluding hydrogens is 280 g/mol. The van der Waals surface area contributed by atoms with E-state index in [-0.39, 0.29) is 6.04 Å². The zero-order chi connectivity index (χ0) is 12.1. The molecule has 90 valence electrons. The molecule has 0 fully saturated rings. The van der Waals surface area contributed by atoms with Crippen LogP contribution in [0.3, 0.4) is 0 Å². The summed E-state index contributed by atoms with van der Waals surface area (Å²) in [6.45, 7) is 3.01. The Morgan fingerprint density at radius 1 is 1.29 bits per heavy atom. The highest BCUT2D eigenvalue weighted by Gasteiger charge is 2.14. The lowest BCUT2D eigenvalue weighted by molar-refractivity contribution is 0.405. The lowest BCUT2D eigenvalue weighted by atomic mass is 10.1. The van der Waals surface area contributed by atoms with Crippen molar-refractivity contribution in [3.05, 3.63) is 52.7 Å². The van der Waals surface area contributed by atoms with Crippen LogP contribution in [0.5, 0.6) is 0 Å². The Labute approximate surface area is 109 Å². The van der Waals surface area contributed by atoms with Crippen molar-refractivity contribution in [3.63, 3.8) is 0 Å². The maximum absolute atomic E-state index is 5.61. The van der Waals surface area contributed by atoms with Gasteiger partial charge in [-0.3, -0.25) is 4.98 Å². The van der Waals surface area contributed by atoms with Gasteiger partial charge in [-0.15, -0.1) is 0 Å². The third kappa shape index (κ3) is 3.41. The van der Waals surface area contributed by atoms with Crippen LogP contribution < -0.4 is 5.32 Å². The van der Waals surface area contributed by atoms with Crippen molar-refractivity contribution in [1.82, 2.24) is 10.3 Å². The van der Waals surface area contributed by atoms with Crippen molar-refractivity contribution in [3.8, 4) is 0 Å². The molecule has 1 atom stereocenters. The van der Waals surface area contributed by atoms with E-state index in [1.807, 2.05) is 36.7 Å². The summed E-state index contributed by atoms with van der Waals surface area (Å²) in [7, 11) is 0. The Bertz CT molecular complexity index is 455. The van der Waals surface area contributed by atoms with Gasteiger partial charge >= 0.3 is 0 Å². The van der Waals surface area contributed by atoms with Crippen molar-refractivity contribution in [2.24, 2.45) is 0 Å². The minimum absolute atomic E-state index is 0.202. The number of hydrogen-bond acceptors (Lipinski definition) is 3. The van der Waals surface area contributed by atoms with Crippen LogP contribution in [0.1, 0.15) is 24.3 Å². The van der Waals surface area contributed by atoms with Gasteiger partial charge in [-0.25, -0.2) is 0 Å². The van der Waals surface area contributed by atoms with Crippen LogP contribution in [-0.2, 0) is 6.42 Å². The minimum Gasteiger partial charge on any atom is -0.453 e. The van der Waals surface area contributed by atoms with E-state index < -0.39 is 0 Å². The third-order valence-corrected chi connectivity index (χ3v) is 3.00. The van der Waals surface area contributed by atoms with Gasteiger partial charge in [0.2, 0.25) is 0 Å². The van der Waals surface area contributed by atoms with E-state index >= 15 is 0 Å². The number of hydrogen-bond donors (Lipinski definition) is 1. The highest BCUT2D eigenvalue weighted by Crippen LogP contribution is 2.23. The first-order valence-electron chi connectivity index (χ1n) is 5.67. The molecule has 0 aliphatic heterocycles. The number of likely N-dealkylation sites (N-methyl/N-ethyl adjacent to an activating group) is 1. The van der Waals surface area contributed by atoms with Gasteiger partial charge in [0.25, 0.3) is 0 Å². The molecule has 4 heteroatoms. The van der Waals surface area contributed by atoms with Gasteiger partial charge in [0.15, 0.2) is 4.67 Å². The number of nitrogens with zero attached hydrogens (tertiary/aromatic N) is 1. The molecule has 0 aliphatic rings. The molecule has 0 saturated heterocycles. The number of furan rings is 1. The van der Waals surface area contributed by atoms with E-state index in [0.29, 0.717) is 0 Å². The maximum atomic E-state index is 5.61. The maximum Gasteiger partial charge on any atom is 0.169 e. The Kier molecular flexibility index (Phi) is 4.34. The molecule has 0 saturated carbocycles. The molecule has 0 radical (unpaired) electrons. The summed E-state index contributed by atoms with van der Waals surface area (Å²) in [5.74, 6) is 0.954. The average molecular weight is 295 g/mol. The summed E-state index contributed by atoms with van der Waals surface area (Å²) in [6.07, 6.45) is 4.53. The van der Waals surface area contributed by atoms with Crippen molar-refractivity contribution in [2.45, 2.75) is 19.4 Å². The Morgan fingerprint density at radius 3 is 2.65 bits per heavy atom. The predicted molar refractivity (Wildman–Crippen MR) is 70.8 cm³/mol. The van der Waals surface area contributed by atoms with Crippen molar-refractivity contribution >= 4 is 15.9 Å². The number of pyridine rings is 1. The lowest BCUT2D eigenvalue weighted by Gasteiger charge is -2.15. The Hall–Kier alpha value is -1.13. The van der Waals surface area contributed by atoms with Gasteiger partial charge in [-0.1, -0.05) is 6.92 Å². The molecule has 17 heavy (non-hydrogen) atoms. The van der Waals surface area contributed by atoms with Gasteiger partial charge < -0.3 is 9.73 Å². The Morgan fingerprint density at radius 2 is 2.06 bits per heavy atom. The Balaban J connectivity index is 2.13. The van der Waals surface area contributed by atoms with Crippen molar-refractivity contribution in [2.75, 3.05) is 6.54 Å². The zero-order valence-electron chi connectivity index (χ0n) is 9.69. The molecule has 0 amide bonds. The third-order valence-electron chi connectivity index (χ3n) is 2.58. The molecule has 3 nitrogen and oxygen atoms in total. The number of nitrogens with one attached hydrogen (secondary N) is 1. The average Bonchev–Trinajstić information content (AvgIpc) is 2.77. The first-order chi connectivity index (χ1) is 8.29. The summed E-state index contributed by atoms with van der Waals surface area (Å²) < 4.78 is 6.38. The van der Waals surface area contributed by atoms with Crippen LogP contribution in [0.2, 0.25) is 0 Å². The monoisotopic (exact) mass is 294 g/mol. The quantitative estimate of drug-likeness (QED) is 0.919. The highest BCUT2D eigenvalue weighted by molar-refractivity contribution is 9.10. The van der Waals surface area contributed by atoms with Gasteiger partial charge in [-0.05, 0) is 58.7 Å². The van der Waals surface area contributed by atoms with E-state index in [4.69, 9.17) is 4.42 Å². The van der Waals surface area contributed by atoms with E-state index in [1.54, 1.807) is 0 Å². The van der Waals surface area contributed by atoms with Crippen molar-refractivity contribution < 1.29 is 4.42 Å². The lowest BCUT2D eigenvalue weighted by Crippen LogP contribution is -2.22. The molecule has 0 spiro atoms. The summed E-state index contributed by atoms with van der Waals surface area (Å²) in [5.41, 5.74) is 1.25. The largest absolute Gasteiger partial charge is 0.453 e. The molecule has 2 rings (SSSR count). The smallest absolute Gasteiger partial charge is 0.169 e. The van der Waals surface area contributed by atoms with E-state index in [1.165, 1.54) is 5.56 Å². The fourth-order valence-electron chi connectivity index (χ4n) is 1.79. The molecule has 1 N–H and O–H groups in total. The number of aromatic nitrogens is 1. The van der Waals surface area contributed by atoms with Crippen molar-refractivity contribution in [1.29, 1.82) is 0 Å². The van der Waals surface area contributed by atoms with E-state index in [2.05, 4.69) is 33.2 Å². The number of halogens is 1. The molecule has 0 aliphatic carbocycles. The van der Waals surface area contributed by atoms with Crippen LogP contribution in [-0.4, -0.2) is 11.5 Å². The summed E-state index contributed by atoms with van der Waals surface area (Å²) >= 11 is 3.33. The normalized spacial score (nSPS) is 12.6. The predicted octanol–water partition coefficient (Wildman–Crippen LogP) is 3.33. The first-order valence-corrected chi connectivity index (χ1v) is 6.46. The summed E-state index contributed by atoms with van der Waals surface area (Å²) in [4.78, 5) is 4.02. The summed E-state index contributed by atoms with van der Waals surface area (Å²) in [5, 5.41) is 3.43. The van der Waals surface area contributed by atoms with Crippen LogP contribution in [0.4, 0.5) is 0 Å². The molecular formula is C13H15BrN2O. The molecule has 0 bridgehead atoms. The number of rotatable bonds is 5. The van der Waals surface area contributed by atoms with Gasteiger partial charge in [0, 0.05) is 12.4 Å². The fraction of sp³-hybridized carbons (Fsp3) is 0.308. The topological polar surface area (TPSA) is 38.1 Å². The minimum atomic E-state index is 0.202. The molecule has 1 unspecified atom stereocenters. The summed E-state index contributed by atoms with van der Waals surface area (Å²) in [6, 6.07) is 8.18. The second-order valence-electron chi connectivity index (χ2n) is 3.81. The SMILES string of the molecule is CCNC(Cc1ccncc1)c1ccc(Br)o1. The van der Waals surface area contributed by atoms with Crippen LogP contribution >= 0.6 is 15.9 Å². The van der Waals surface area contributed by atoms with Gasteiger partial charge in [-0.2, -0.15) is 0 Å².